The van der Waals surface area contributed by atoms with Crippen LogP contribution >= 0.6 is 0 Å². The molecule has 0 saturated carbocycles. The number of hydrogen-bond acceptors (Lipinski definition) is 5. The molecule has 0 spiro atoms. The van der Waals surface area contributed by atoms with Gasteiger partial charge in [0.1, 0.15) is 18.8 Å². The first-order valence-corrected chi connectivity index (χ1v) is 10.9. The number of benzene rings is 1. The summed E-state index contributed by atoms with van der Waals surface area (Å²) in [6, 6.07) is 8.05. The number of aliphatic hydroxyl groups is 2. The molecule has 29 heavy (non-hydrogen) atoms. The molecular formula is C22H38N4O3+2. The van der Waals surface area contributed by atoms with Crippen LogP contribution < -0.4 is 15.1 Å². The summed E-state index contributed by atoms with van der Waals surface area (Å²) in [6.07, 6.45) is 0. The number of quaternary nitrogens is 2. The van der Waals surface area contributed by atoms with Gasteiger partial charge < -0.3 is 25.3 Å². The normalized spacial score (nSPS) is 21.7. The summed E-state index contributed by atoms with van der Waals surface area (Å²) in [7, 11) is 0. The summed E-state index contributed by atoms with van der Waals surface area (Å²) >= 11 is 0. The van der Waals surface area contributed by atoms with E-state index in [1.54, 1.807) is 0 Å². The Morgan fingerprint density at radius 1 is 0.897 bits per heavy atom. The van der Waals surface area contributed by atoms with Gasteiger partial charge in [-0.25, -0.2) is 0 Å². The molecule has 0 unspecified atom stereocenters. The van der Waals surface area contributed by atoms with Crippen LogP contribution in [-0.2, 0) is 0 Å². The Hall–Kier alpha value is -1.35. The first-order chi connectivity index (χ1) is 13.9. The molecule has 2 fully saturated rings. The van der Waals surface area contributed by atoms with Crippen molar-refractivity contribution in [2.24, 2.45) is 0 Å². The average Bonchev–Trinajstić information content (AvgIpc) is 2.75. The number of Topliss-reactive ketones (excluding diaryl/α,β-unsaturated/α-hetero) is 1. The fourth-order valence-corrected chi connectivity index (χ4v) is 5.20. The number of nitrogens with zero attached hydrogens (tertiary/aromatic N) is 2. The van der Waals surface area contributed by atoms with E-state index in [9.17, 15) is 15.0 Å². The van der Waals surface area contributed by atoms with E-state index < -0.39 is 5.54 Å². The summed E-state index contributed by atoms with van der Waals surface area (Å²) in [5.41, 5.74) is 1.29. The van der Waals surface area contributed by atoms with Crippen molar-refractivity contribution in [1.29, 1.82) is 0 Å². The Bertz CT molecular complexity index is 667. The van der Waals surface area contributed by atoms with Gasteiger partial charge in [-0.05, 0) is 38.1 Å². The molecule has 3 rings (SSSR count). The standard InChI is InChI=1S/C22H38N4O3/c1-22(2,26(16-18-28)13-9-24-10-14-26)21(29)19-3-5-20(6-4-19)25(15-17-27)11-7-23-8-12-25/h3-6,23-24,27-28H,7-18H2,1-2H3/q+2. The number of rotatable bonds is 8. The Morgan fingerprint density at radius 3 is 1.93 bits per heavy atom. The quantitative estimate of drug-likeness (QED) is 0.360. The molecule has 0 amide bonds. The van der Waals surface area contributed by atoms with Crippen molar-refractivity contribution >= 4 is 11.5 Å². The van der Waals surface area contributed by atoms with Gasteiger partial charge in [0.25, 0.3) is 0 Å². The van der Waals surface area contributed by atoms with E-state index >= 15 is 0 Å². The van der Waals surface area contributed by atoms with E-state index in [4.69, 9.17) is 0 Å². The van der Waals surface area contributed by atoms with Crippen LogP contribution in [0.5, 0.6) is 0 Å². The van der Waals surface area contributed by atoms with Crippen LogP contribution in [0.25, 0.3) is 0 Å². The molecule has 7 heteroatoms. The van der Waals surface area contributed by atoms with Crippen molar-refractivity contribution in [3.05, 3.63) is 29.8 Å². The van der Waals surface area contributed by atoms with Gasteiger partial charge in [0.2, 0.25) is 5.78 Å². The largest absolute Gasteiger partial charge is 0.391 e. The molecule has 0 radical (unpaired) electrons. The van der Waals surface area contributed by atoms with E-state index in [1.807, 2.05) is 26.0 Å². The Morgan fingerprint density at radius 2 is 1.41 bits per heavy atom. The SMILES string of the molecule is CC(C)(C(=O)c1ccc([N+]2(CCO)CCNCC2)cc1)[N+]1(CCO)CCNCC1. The van der Waals surface area contributed by atoms with E-state index in [0.29, 0.717) is 17.6 Å². The van der Waals surface area contributed by atoms with Gasteiger partial charge in [0.05, 0.1) is 39.4 Å². The predicted octanol–water partition coefficient (Wildman–Crippen LogP) is -0.0370. The van der Waals surface area contributed by atoms with Crippen LogP contribution in [0.2, 0.25) is 0 Å². The zero-order valence-electron chi connectivity index (χ0n) is 18.0. The van der Waals surface area contributed by atoms with Gasteiger partial charge in [-0.3, -0.25) is 9.28 Å². The van der Waals surface area contributed by atoms with Gasteiger partial charge in [-0.1, -0.05) is 0 Å². The van der Waals surface area contributed by atoms with E-state index in [0.717, 1.165) is 68.1 Å². The zero-order chi connectivity index (χ0) is 21.0. The number of ketones is 1. The molecular weight excluding hydrogens is 368 g/mol. The smallest absolute Gasteiger partial charge is 0.222 e. The van der Waals surface area contributed by atoms with Crippen LogP contribution in [0.3, 0.4) is 0 Å². The molecule has 2 aliphatic rings. The van der Waals surface area contributed by atoms with E-state index in [1.165, 1.54) is 0 Å². The molecule has 0 bridgehead atoms. The molecule has 0 aromatic heterocycles. The molecule has 0 atom stereocenters. The number of piperazine rings is 2. The van der Waals surface area contributed by atoms with Crippen molar-refractivity contribution < 1.29 is 19.5 Å². The minimum Gasteiger partial charge on any atom is -0.391 e. The monoisotopic (exact) mass is 406 g/mol. The first-order valence-electron chi connectivity index (χ1n) is 10.9. The van der Waals surface area contributed by atoms with Gasteiger partial charge in [-0.15, -0.1) is 0 Å². The fourth-order valence-electron chi connectivity index (χ4n) is 5.20. The van der Waals surface area contributed by atoms with Gasteiger partial charge in [0.15, 0.2) is 5.54 Å². The molecule has 1 aromatic carbocycles. The average molecular weight is 407 g/mol. The maximum atomic E-state index is 13.6. The highest BCUT2D eigenvalue weighted by molar-refractivity contribution is 6.02. The highest BCUT2D eigenvalue weighted by atomic mass is 16.3. The topological polar surface area (TPSA) is 81.6 Å². The lowest BCUT2D eigenvalue weighted by atomic mass is 9.87. The van der Waals surface area contributed by atoms with Crippen LogP contribution in [0.1, 0.15) is 24.2 Å². The second-order valence-corrected chi connectivity index (χ2v) is 9.01. The molecule has 2 saturated heterocycles. The minimum atomic E-state index is -0.598. The fraction of sp³-hybridized carbons (Fsp3) is 0.682. The molecule has 2 heterocycles. The van der Waals surface area contributed by atoms with Crippen LogP contribution in [0.4, 0.5) is 5.69 Å². The second-order valence-electron chi connectivity index (χ2n) is 9.01. The van der Waals surface area contributed by atoms with Crippen LogP contribution in [0, 0.1) is 0 Å². The summed E-state index contributed by atoms with van der Waals surface area (Å²) in [5, 5.41) is 26.0. The van der Waals surface area contributed by atoms with Crippen molar-refractivity contribution in [3.63, 3.8) is 0 Å². The summed E-state index contributed by atoms with van der Waals surface area (Å²) in [6.45, 7) is 12.8. The second kappa shape index (κ2) is 9.20. The molecule has 0 aliphatic carbocycles. The number of aliphatic hydroxyl groups excluding tert-OH is 2. The molecule has 4 N–H and O–H groups in total. The van der Waals surface area contributed by atoms with E-state index in [2.05, 4.69) is 22.8 Å². The lowest BCUT2D eigenvalue weighted by Crippen LogP contribution is -2.71. The summed E-state index contributed by atoms with van der Waals surface area (Å²) in [4.78, 5) is 13.6. The van der Waals surface area contributed by atoms with Gasteiger partial charge in [-0.2, -0.15) is 0 Å². The molecule has 1 aromatic rings. The van der Waals surface area contributed by atoms with Gasteiger partial charge >= 0.3 is 0 Å². The lowest BCUT2D eigenvalue weighted by Gasteiger charge is -2.51. The maximum absolute atomic E-state index is 13.6. The van der Waals surface area contributed by atoms with Crippen molar-refractivity contribution in [2.75, 3.05) is 78.7 Å². The van der Waals surface area contributed by atoms with Crippen molar-refractivity contribution in [1.82, 2.24) is 15.1 Å². The Balaban J connectivity index is 1.85. The summed E-state index contributed by atoms with van der Waals surface area (Å²) in [5.74, 6) is 0.133. The third kappa shape index (κ3) is 4.26. The number of nitrogens with one attached hydrogen (secondary N) is 2. The summed E-state index contributed by atoms with van der Waals surface area (Å²) < 4.78 is 1.38. The van der Waals surface area contributed by atoms with Crippen molar-refractivity contribution in [2.45, 2.75) is 19.4 Å². The van der Waals surface area contributed by atoms with Crippen LogP contribution in [0.15, 0.2) is 24.3 Å². The molecule has 2 aliphatic heterocycles. The lowest BCUT2D eigenvalue weighted by molar-refractivity contribution is -0.963. The molecule has 162 valence electrons. The third-order valence-corrected chi connectivity index (χ3v) is 7.34. The molecule has 7 nitrogen and oxygen atoms in total. The van der Waals surface area contributed by atoms with Crippen LogP contribution in [-0.4, -0.2) is 105 Å². The Kier molecular flexibility index (Phi) is 7.09. The number of carbonyl (C=O) groups excluding carboxylic acids is 1. The van der Waals surface area contributed by atoms with Gasteiger partial charge in [0, 0.05) is 31.7 Å². The minimum absolute atomic E-state index is 0.0881. The number of hydrogen-bond donors (Lipinski definition) is 4. The number of carbonyl (C=O) groups is 1. The Labute approximate surface area is 174 Å². The highest BCUT2D eigenvalue weighted by Crippen LogP contribution is 2.31. The maximum Gasteiger partial charge on any atom is 0.222 e. The van der Waals surface area contributed by atoms with Crippen molar-refractivity contribution in [3.8, 4) is 0 Å². The first kappa shape index (κ1) is 22.3. The van der Waals surface area contributed by atoms with E-state index in [-0.39, 0.29) is 19.0 Å². The highest BCUT2D eigenvalue weighted by Gasteiger charge is 2.49. The third-order valence-electron chi connectivity index (χ3n) is 7.34. The zero-order valence-corrected chi connectivity index (χ0v) is 18.0. The predicted molar refractivity (Wildman–Crippen MR) is 116 cm³/mol.